The van der Waals surface area contributed by atoms with Crippen LogP contribution in [0.1, 0.15) is 18.4 Å². The SMILES string of the molecule is Brc1cc(CNCC2CCOCC2)cs1. The molecule has 0 atom stereocenters. The van der Waals surface area contributed by atoms with E-state index < -0.39 is 0 Å². The Kier molecular flexibility index (Phi) is 4.62. The molecule has 0 unspecified atom stereocenters. The van der Waals surface area contributed by atoms with Crippen LogP contribution < -0.4 is 5.32 Å². The van der Waals surface area contributed by atoms with Crippen molar-refractivity contribution in [3.63, 3.8) is 0 Å². The third kappa shape index (κ3) is 3.87. The Morgan fingerprint density at radius 2 is 2.27 bits per heavy atom. The van der Waals surface area contributed by atoms with Crippen LogP contribution in [0.15, 0.2) is 15.2 Å². The zero-order valence-electron chi connectivity index (χ0n) is 8.67. The minimum atomic E-state index is 0.806. The number of halogens is 1. The van der Waals surface area contributed by atoms with Gasteiger partial charge in [0.1, 0.15) is 0 Å². The fourth-order valence-corrected chi connectivity index (χ4v) is 3.02. The molecule has 0 radical (unpaired) electrons. The van der Waals surface area contributed by atoms with E-state index in [1.54, 1.807) is 11.3 Å². The Morgan fingerprint density at radius 3 is 2.93 bits per heavy atom. The summed E-state index contributed by atoms with van der Waals surface area (Å²) in [6.45, 7) is 3.99. The van der Waals surface area contributed by atoms with Crippen LogP contribution in [0.4, 0.5) is 0 Å². The van der Waals surface area contributed by atoms with Gasteiger partial charge in [0.15, 0.2) is 0 Å². The fourth-order valence-electron chi connectivity index (χ4n) is 1.81. The van der Waals surface area contributed by atoms with Gasteiger partial charge in [-0.25, -0.2) is 0 Å². The van der Waals surface area contributed by atoms with Crippen molar-refractivity contribution in [2.45, 2.75) is 19.4 Å². The van der Waals surface area contributed by atoms with Gasteiger partial charge in [-0.1, -0.05) is 0 Å². The van der Waals surface area contributed by atoms with Crippen molar-refractivity contribution >= 4 is 27.3 Å². The van der Waals surface area contributed by atoms with Crippen molar-refractivity contribution < 1.29 is 4.74 Å². The second kappa shape index (κ2) is 5.99. The van der Waals surface area contributed by atoms with E-state index in [9.17, 15) is 0 Å². The van der Waals surface area contributed by atoms with E-state index >= 15 is 0 Å². The van der Waals surface area contributed by atoms with Crippen LogP contribution in [-0.2, 0) is 11.3 Å². The summed E-state index contributed by atoms with van der Waals surface area (Å²) in [5.41, 5.74) is 1.37. The van der Waals surface area contributed by atoms with Gasteiger partial charge >= 0.3 is 0 Å². The summed E-state index contributed by atoms with van der Waals surface area (Å²) in [5.74, 6) is 0.806. The van der Waals surface area contributed by atoms with Crippen molar-refractivity contribution in [3.8, 4) is 0 Å². The van der Waals surface area contributed by atoms with Crippen molar-refractivity contribution in [1.29, 1.82) is 0 Å². The maximum atomic E-state index is 5.34. The monoisotopic (exact) mass is 289 g/mol. The van der Waals surface area contributed by atoms with Crippen molar-refractivity contribution in [2.75, 3.05) is 19.8 Å². The van der Waals surface area contributed by atoms with Gasteiger partial charge in [-0.05, 0) is 58.2 Å². The van der Waals surface area contributed by atoms with Crippen LogP contribution in [0, 0.1) is 5.92 Å². The maximum absolute atomic E-state index is 5.34. The number of hydrogen-bond donors (Lipinski definition) is 1. The first-order valence-electron chi connectivity index (χ1n) is 5.36. The highest BCUT2D eigenvalue weighted by atomic mass is 79.9. The maximum Gasteiger partial charge on any atom is 0.0701 e. The lowest BCUT2D eigenvalue weighted by Crippen LogP contribution is -2.27. The highest BCUT2D eigenvalue weighted by Crippen LogP contribution is 2.20. The Morgan fingerprint density at radius 1 is 1.47 bits per heavy atom. The second-order valence-corrected chi connectivity index (χ2v) is 6.24. The Hall–Kier alpha value is 0.1000. The first-order chi connectivity index (χ1) is 7.34. The molecule has 1 aromatic heterocycles. The molecule has 0 amide bonds. The Labute approximate surface area is 103 Å². The molecule has 1 aliphatic heterocycles. The molecule has 1 N–H and O–H groups in total. The first kappa shape index (κ1) is 11.6. The Balaban J connectivity index is 1.65. The van der Waals surface area contributed by atoms with E-state index in [4.69, 9.17) is 4.74 Å². The molecular weight excluding hydrogens is 274 g/mol. The van der Waals surface area contributed by atoms with Crippen LogP contribution in [0.25, 0.3) is 0 Å². The second-order valence-electron chi connectivity index (χ2n) is 3.95. The lowest BCUT2D eigenvalue weighted by molar-refractivity contribution is 0.0662. The molecule has 2 heterocycles. The summed E-state index contributed by atoms with van der Waals surface area (Å²) in [5, 5.41) is 5.71. The molecule has 15 heavy (non-hydrogen) atoms. The summed E-state index contributed by atoms with van der Waals surface area (Å²) in [4.78, 5) is 0. The zero-order chi connectivity index (χ0) is 10.5. The van der Waals surface area contributed by atoms with Crippen LogP contribution in [0.2, 0.25) is 0 Å². The zero-order valence-corrected chi connectivity index (χ0v) is 11.1. The standard InChI is InChI=1S/C11H16BrNOS/c12-11-5-10(8-15-11)7-13-6-9-1-3-14-4-2-9/h5,8-9,13H,1-4,6-7H2. The molecule has 84 valence electrons. The van der Waals surface area contributed by atoms with Gasteiger partial charge < -0.3 is 10.1 Å². The number of hydrogen-bond acceptors (Lipinski definition) is 3. The van der Waals surface area contributed by atoms with Crippen LogP contribution in [0.3, 0.4) is 0 Å². The average molecular weight is 290 g/mol. The lowest BCUT2D eigenvalue weighted by Gasteiger charge is -2.22. The molecule has 0 aromatic carbocycles. The van der Waals surface area contributed by atoms with E-state index in [-0.39, 0.29) is 0 Å². The normalized spacial score (nSPS) is 18.2. The molecule has 2 rings (SSSR count). The van der Waals surface area contributed by atoms with E-state index in [1.165, 1.54) is 22.2 Å². The molecule has 4 heteroatoms. The van der Waals surface area contributed by atoms with Crippen LogP contribution in [-0.4, -0.2) is 19.8 Å². The topological polar surface area (TPSA) is 21.3 Å². The highest BCUT2D eigenvalue weighted by molar-refractivity contribution is 9.11. The van der Waals surface area contributed by atoms with E-state index in [0.717, 1.165) is 32.2 Å². The van der Waals surface area contributed by atoms with Crippen LogP contribution >= 0.6 is 27.3 Å². The molecule has 0 saturated carbocycles. The third-order valence-corrected chi connectivity index (χ3v) is 4.28. The third-order valence-electron chi connectivity index (χ3n) is 2.72. The van der Waals surface area contributed by atoms with E-state index in [0.29, 0.717) is 0 Å². The van der Waals surface area contributed by atoms with Gasteiger partial charge in [0, 0.05) is 19.8 Å². The molecular formula is C11H16BrNOS. The smallest absolute Gasteiger partial charge is 0.0701 e. The predicted octanol–water partition coefficient (Wildman–Crippen LogP) is 3.03. The van der Waals surface area contributed by atoms with Gasteiger partial charge in [0.25, 0.3) is 0 Å². The number of ether oxygens (including phenoxy) is 1. The van der Waals surface area contributed by atoms with Crippen molar-refractivity contribution in [2.24, 2.45) is 5.92 Å². The van der Waals surface area contributed by atoms with Crippen molar-refractivity contribution in [1.82, 2.24) is 5.32 Å². The van der Waals surface area contributed by atoms with Gasteiger partial charge in [0.2, 0.25) is 0 Å². The molecule has 0 spiro atoms. The fraction of sp³-hybridized carbons (Fsp3) is 0.636. The van der Waals surface area contributed by atoms with E-state index in [2.05, 4.69) is 32.7 Å². The molecule has 1 saturated heterocycles. The summed E-state index contributed by atoms with van der Waals surface area (Å²) < 4.78 is 6.55. The van der Waals surface area contributed by atoms with E-state index in [1.807, 2.05) is 0 Å². The predicted molar refractivity (Wildman–Crippen MR) is 67.3 cm³/mol. The summed E-state index contributed by atoms with van der Waals surface area (Å²) >= 11 is 5.22. The molecule has 2 nitrogen and oxygen atoms in total. The van der Waals surface area contributed by atoms with Gasteiger partial charge in [-0.15, -0.1) is 11.3 Å². The summed E-state index contributed by atoms with van der Waals surface area (Å²) in [6, 6.07) is 2.18. The minimum absolute atomic E-state index is 0.806. The van der Waals surface area contributed by atoms with Gasteiger partial charge in [0.05, 0.1) is 3.79 Å². The molecule has 1 fully saturated rings. The number of nitrogens with one attached hydrogen (secondary N) is 1. The summed E-state index contributed by atoms with van der Waals surface area (Å²) in [7, 11) is 0. The largest absolute Gasteiger partial charge is 0.381 e. The van der Waals surface area contributed by atoms with Crippen LogP contribution in [0.5, 0.6) is 0 Å². The van der Waals surface area contributed by atoms with Crippen molar-refractivity contribution in [3.05, 3.63) is 20.8 Å². The Bertz CT molecular complexity index is 297. The molecule has 1 aliphatic rings. The number of rotatable bonds is 4. The first-order valence-corrected chi connectivity index (χ1v) is 7.03. The quantitative estimate of drug-likeness (QED) is 0.920. The van der Waals surface area contributed by atoms with Gasteiger partial charge in [-0.3, -0.25) is 0 Å². The molecule has 0 aliphatic carbocycles. The highest BCUT2D eigenvalue weighted by Gasteiger charge is 2.12. The average Bonchev–Trinajstić information content (AvgIpc) is 2.66. The molecule has 1 aromatic rings. The summed E-state index contributed by atoms with van der Waals surface area (Å²) in [6.07, 6.45) is 2.42. The molecule has 0 bridgehead atoms. The lowest BCUT2D eigenvalue weighted by atomic mass is 10.0. The number of thiophene rings is 1. The minimum Gasteiger partial charge on any atom is -0.381 e. The van der Waals surface area contributed by atoms with Gasteiger partial charge in [-0.2, -0.15) is 0 Å².